The number of aryl methyl sites for hydroxylation is 1. The molecule has 0 radical (unpaired) electrons. The van der Waals surface area contributed by atoms with Gasteiger partial charge in [0.05, 0.1) is 6.54 Å². The zero-order valence-electron chi connectivity index (χ0n) is 17.1. The van der Waals surface area contributed by atoms with Gasteiger partial charge in [-0.15, -0.1) is 11.3 Å². The van der Waals surface area contributed by atoms with Gasteiger partial charge in [-0.2, -0.15) is 0 Å². The van der Waals surface area contributed by atoms with Crippen molar-refractivity contribution in [3.05, 3.63) is 52.0 Å². The second-order valence-corrected chi connectivity index (χ2v) is 9.93. The quantitative estimate of drug-likeness (QED) is 0.611. The van der Waals surface area contributed by atoms with Gasteiger partial charge < -0.3 is 9.88 Å². The van der Waals surface area contributed by atoms with Crippen molar-refractivity contribution in [2.75, 3.05) is 4.90 Å². The van der Waals surface area contributed by atoms with Gasteiger partial charge in [0.1, 0.15) is 16.1 Å². The molecule has 2 amide bonds. The number of rotatable bonds is 3. The van der Waals surface area contributed by atoms with Gasteiger partial charge in [0.15, 0.2) is 0 Å². The van der Waals surface area contributed by atoms with Crippen LogP contribution >= 0.6 is 22.9 Å². The van der Waals surface area contributed by atoms with Crippen molar-refractivity contribution in [2.45, 2.75) is 57.7 Å². The largest absolute Gasteiger partial charge is 0.351 e. The molecular weight excluding hydrogens is 418 g/mol. The normalized spacial score (nSPS) is 22.0. The molecule has 2 aliphatic rings. The van der Waals surface area contributed by atoms with Gasteiger partial charge in [-0.3, -0.25) is 14.5 Å². The van der Waals surface area contributed by atoms with Crippen LogP contribution in [-0.2, 0) is 11.3 Å². The SMILES string of the molecule is Cc1cc(Cl)ccc1N1C(=O)c2cc3ccsc3n2C[C@@]1(C)C(=O)NC1CCCC1. The van der Waals surface area contributed by atoms with Crippen LogP contribution in [0, 0.1) is 6.92 Å². The summed E-state index contributed by atoms with van der Waals surface area (Å²) in [6, 6.07) is 9.60. The first-order chi connectivity index (χ1) is 14.4. The molecule has 1 atom stereocenters. The van der Waals surface area contributed by atoms with E-state index >= 15 is 0 Å². The Hall–Kier alpha value is -2.31. The summed E-state index contributed by atoms with van der Waals surface area (Å²) in [6.45, 7) is 4.22. The molecule has 1 saturated carbocycles. The lowest BCUT2D eigenvalue weighted by molar-refractivity contribution is -0.127. The number of amides is 2. The van der Waals surface area contributed by atoms with Crippen LogP contribution in [0.15, 0.2) is 35.7 Å². The number of anilines is 1. The van der Waals surface area contributed by atoms with Crippen molar-refractivity contribution in [3.63, 3.8) is 0 Å². The van der Waals surface area contributed by atoms with E-state index in [9.17, 15) is 9.59 Å². The second kappa shape index (κ2) is 7.13. The third-order valence-corrected chi connectivity index (χ3v) is 7.65. The van der Waals surface area contributed by atoms with Gasteiger partial charge in [-0.1, -0.05) is 24.4 Å². The zero-order valence-corrected chi connectivity index (χ0v) is 18.6. The summed E-state index contributed by atoms with van der Waals surface area (Å²) in [7, 11) is 0. The molecule has 0 unspecified atom stereocenters. The lowest BCUT2D eigenvalue weighted by Gasteiger charge is -2.44. The molecule has 5 nitrogen and oxygen atoms in total. The average Bonchev–Trinajstić information content (AvgIpc) is 3.42. The molecular formula is C23H24ClN3O2S. The molecule has 1 aliphatic carbocycles. The highest BCUT2D eigenvalue weighted by Crippen LogP contribution is 2.39. The van der Waals surface area contributed by atoms with E-state index in [0.717, 1.165) is 47.2 Å². The van der Waals surface area contributed by atoms with Crippen molar-refractivity contribution < 1.29 is 9.59 Å². The van der Waals surface area contributed by atoms with E-state index < -0.39 is 5.54 Å². The number of fused-ring (bicyclic) bond motifs is 3. The fraction of sp³-hybridized carbons (Fsp3) is 0.391. The smallest absolute Gasteiger partial charge is 0.275 e. The van der Waals surface area contributed by atoms with Gasteiger partial charge in [-0.25, -0.2) is 0 Å². The third-order valence-electron chi connectivity index (χ3n) is 6.46. The molecule has 5 rings (SSSR count). The summed E-state index contributed by atoms with van der Waals surface area (Å²) < 4.78 is 2.01. The number of thiophene rings is 1. The van der Waals surface area contributed by atoms with Gasteiger partial charge in [0.2, 0.25) is 5.91 Å². The Morgan fingerprint density at radius 3 is 2.73 bits per heavy atom. The van der Waals surface area contributed by atoms with Crippen LogP contribution in [0.3, 0.4) is 0 Å². The minimum Gasteiger partial charge on any atom is -0.351 e. The van der Waals surface area contributed by atoms with Gasteiger partial charge in [-0.05, 0) is 68.0 Å². The lowest BCUT2D eigenvalue weighted by Crippen LogP contribution is -2.65. The topological polar surface area (TPSA) is 54.3 Å². The van der Waals surface area contributed by atoms with E-state index in [4.69, 9.17) is 11.6 Å². The van der Waals surface area contributed by atoms with Crippen molar-refractivity contribution in [2.24, 2.45) is 0 Å². The standard InChI is InChI=1S/C23H24ClN3O2S/c1-14-11-16(24)7-8-18(14)27-20(28)19-12-15-9-10-30-21(15)26(19)13-23(27,2)22(29)25-17-5-3-4-6-17/h7-12,17H,3-6,13H2,1-2H3,(H,25,29)/t23-/m0/s1. The summed E-state index contributed by atoms with van der Waals surface area (Å²) in [5.74, 6) is -0.250. The number of benzene rings is 1. The van der Waals surface area contributed by atoms with Crippen molar-refractivity contribution in [3.8, 4) is 0 Å². The number of carbonyl (C=O) groups excluding carboxylic acids is 2. The fourth-order valence-electron chi connectivity index (χ4n) is 4.86. The molecule has 3 aromatic rings. The molecule has 1 aromatic carbocycles. The first-order valence-electron chi connectivity index (χ1n) is 10.4. The van der Waals surface area contributed by atoms with Gasteiger partial charge in [0, 0.05) is 22.1 Å². The van der Waals surface area contributed by atoms with E-state index in [1.807, 2.05) is 48.1 Å². The number of hydrogen-bond donors (Lipinski definition) is 1. The highest BCUT2D eigenvalue weighted by atomic mass is 35.5. The monoisotopic (exact) mass is 441 g/mol. The molecule has 0 spiro atoms. The summed E-state index contributed by atoms with van der Waals surface area (Å²) in [6.07, 6.45) is 4.27. The van der Waals surface area contributed by atoms with Crippen LogP contribution < -0.4 is 10.2 Å². The minimum absolute atomic E-state index is 0.0962. The Labute approximate surface area is 184 Å². The van der Waals surface area contributed by atoms with Crippen molar-refractivity contribution in [1.29, 1.82) is 0 Å². The number of nitrogens with one attached hydrogen (secondary N) is 1. The Balaban J connectivity index is 1.65. The summed E-state index contributed by atoms with van der Waals surface area (Å²) in [5.41, 5.74) is 1.18. The number of nitrogens with zero attached hydrogens (tertiary/aromatic N) is 2. The molecule has 30 heavy (non-hydrogen) atoms. The van der Waals surface area contributed by atoms with Gasteiger partial charge >= 0.3 is 0 Å². The Morgan fingerprint density at radius 2 is 2.00 bits per heavy atom. The van der Waals surface area contributed by atoms with E-state index in [-0.39, 0.29) is 17.9 Å². The first kappa shape index (κ1) is 19.6. The predicted molar refractivity (Wildman–Crippen MR) is 122 cm³/mol. The maximum atomic E-state index is 13.8. The highest BCUT2D eigenvalue weighted by molar-refractivity contribution is 7.16. The van der Waals surface area contributed by atoms with Gasteiger partial charge in [0.25, 0.3) is 5.91 Å². The number of hydrogen-bond acceptors (Lipinski definition) is 3. The molecule has 156 valence electrons. The molecule has 1 fully saturated rings. The number of carbonyl (C=O) groups is 2. The van der Waals surface area contributed by atoms with Crippen LogP contribution in [0.1, 0.15) is 48.7 Å². The van der Waals surface area contributed by atoms with Crippen molar-refractivity contribution in [1.82, 2.24) is 9.88 Å². The molecule has 7 heteroatoms. The van der Waals surface area contributed by atoms with Crippen LogP contribution in [0.4, 0.5) is 5.69 Å². The van der Waals surface area contributed by atoms with E-state index in [2.05, 4.69) is 5.32 Å². The zero-order chi connectivity index (χ0) is 21.0. The number of aromatic nitrogens is 1. The summed E-state index contributed by atoms with van der Waals surface area (Å²) in [4.78, 5) is 30.1. The maximum Gasteiger partial charge on any atom is 0.275 e. The van der Waals surface area contributed by atoms with Crippen LogP contribution in [-0.4, -0.2) is 28.0 Å². The van der Waals surface area contributed by atoms with Crippen LogP contribution in [0.25, 0.3) is 10.2 Å². The lowest BCUT2D eigenvalue weighted by atomic mass is 9.92. The molecule has 1 aliphatic heterocycles. The molecule has 0 bridgehead atoms. The number of halogens is 1. The summed E-state index contributed by atoms with van der Waals surface area (Å²) in [5, 5.41) is 6.91. The molecule has 3 heterocycles. The maximum absolute atomic E-state index is 13.8. The molecule has 1 N–H and O–H groups in total. The third kappa shape index (κ3) is 2.96. The average molecular weight is 442 g/mol. The van der Waals surface area contributed by atoms with E-state index in [1.165, 1.54) is 0 Å². The second-order valence-electron chi connectivity index (χ2n) is 8.60. The molecule has 0 saturated heterocycles. The highest BCUT2D eigenvalue weighted by Gasteiger charge is 2.49. The van der Waals surface area contributed by atoms with E-state index in [0.29, 0.717) is 17.3 Å². The van der Waals surface area contributed by atoms with Crippen LogP contribution in [0.2, 0.25) is 5.02 Å². The Bertz CT molecular complexity index is 1160. The Morgan fingerprint density at radius 1 is 1.23 bits per heavy atom. The molecule has 2 aromatic heterocycles. The minimum atomic E-state index is -1.04. The summed E-state index contributed by atoms with van der Waals surface area (Å²) >= 11 is 7.77. The fourth-order valence-corrected chi connectivity index (χ4v) is 5.98. The predicted octanol–water partition coefficient (Wildman–Crippen LogP) is 5.14. The Kier molecular flexibility index (Phi) is 4.67. The van der Waals surface area contributed by atoms with Crippen molar-refractivity contribution >= 4 is 50.7 Å². The van der Waals surface area contributed by atoms with E-state index in [1.54, 1.807) is 22.3 Å². The van der Waals surface area contributed by atoms with Crippen LogP contribution in [0.5, 0.6) is 0 Å². The first-order valence-corrected chi connectivity index (χ1v) is 11.6.